The molecule has 20 heavy (non-hydrogen) atoms. The van der Waals surface area contributed by atoms with Crippen LogP contribution in [0.1, 0.15) is 18.9 Å². The summed E-state index contributed by atoms with van der Waals surface area (Å²) in [4.78, 5) is 11.8. The predicted molar refractivity (Wildman–Crippen MR) is 81.9 cm³/mol. The molecule has 110 valence electrons. The molecule has 0 unspecified atom stereocenters. The number of rotatable bonds is 6. The van der Waals surface area contributed by atoms with Crippen LogP contribution in [0.3, 0.4) is 0 Å². The van der Waals surface area contributed by atoms with Crippen LogP contribution in [-0.2, 0) is 0 Å². The van der Waals surface area contributed by atoms with Gasteiger partial charge in [0, 0.05) is 18.3 Å². The SMILES string of the molecule is CCSCCCNC(=O)Nc1cc2c(cc1C)OCO2. The average molecular weight is 296 g/mol. The number of fused-ring (bicyclic) bond motifs is 1. The Labute approximate surface area is 123 Å². The van der Waals surface area contributed by atoms with Crippen molar-refractivity contribution in [3.8, 4) is 11.5 Å². The van der Waals surface area contributed by atoms with Crippen LogP contribution in [-0.4, -0.2) is 30.9 Å². The highest BCUT2D eigenvalue weighted by molar-refractivity contribution is 7.99. The molecule has 2 amide bonds. The fourth-order valence-electron chi connectivity index (χ4n) is 1.87. The molecule has 1 heterocycles. The first kappa shape index (κ1) is 14.8. The second-order valence-corrected chi connectivity index (χ2v) is 5.85. The average Bonchev–Trinajstić information content (AvgIpc) is 2.86. The summed E-state index contributed by atoms with van der Waals surface area (Å²) in [5.41, 5.74) is 1.70. The molecule has 5 nitrogen and oxygen atoms in total. The third kappa shape index (κ3) is 3.96. The molecule has 1 aliphatic rings. The Hall–Kier alpha value is -1.56. The number of anilines is 1. The first-order valence-corrected chi connectivity index (χ1v) is 7.89. The fraction of sp³-hybridized carbons (Fsp3) is 0.500. The minimum absolute atomic E-state index is 0.187. The van der Waals surface area contributed by atoms with Gasteiger partial charge in [-0.05, 0) is 36.5 Å². The first-order chi connectivity index (χ1) is 9.70. The molecule has 0 atom stereocenters. The molecule has 1 aromatic rings. The lowest BCUT2D eigenvalue weighted by molar-refractivity contribution is 0.174. The van der Waals surface area contributed by atoms with E-state index >= 15 is 0 Å². The minimum Gasteiger partial charge on any atom is -0.454 e. The summed E-state index contributed by atoms with van der Waals surface area (Å²) < 4.78 is 10.6. The van der Waals surface area contributed by atoms with E-state index in [-0.39, 0.29) is 12.8 Å². The van der Waals surface area contributed by atoms with Crippen molar-refractivity contribution >= 4 is 23.5 Å². The van der Waals surface area contributed by atoms with Crippen LogP contribution >= 0.6 is 11.8 Å². The molecule has 0 aromatic heterocycles. The molecule has 0 saturated heterocycles. The van der Waals surface area contributed by atoms with Crippen molar-refractivity contribution in [2.24, 2.45) is 0 Å². The second kappa shape index (κ2) is 7.28. The zero-order valence-electron chi connectivity index (χ0n) is 11.8. The Morgan fingerprint density at radius 1 is 1.35 bits per heavy atom. The van der Waals surface area contributed by atoms with Gasteiger partial charge in [0.25, 0.3) is 0 Å². The van der Waals surface area contributed by atoms with E-state index in [9.17, 15) is 4.79 Å². The van der Waals surface area contributed by atoms with Crippen molar-refractivity contribution in [2.45, 2.75) is 20.3 Å². The summed E-state index contributed by atoms with van der Waals surface area (Å²) >= 11 is 1.88. The number of carbonyl (C=O) groups excluding carboxylic acids is 1. The van der Waals surface area contributed by atoms with E-state index in [1.807, 2.05) is 24.8 Å². The predicted octanol–water partition coefficient (Wildman–Crippen LogP) is 2.99. The summed E-state index contributed by atoms with van der Waals surface area (Å²) in [6.07, 6.45) is 0.978. The highest BCUT2D eigenvalue weighted by atomic mass is 32.2. The van der Waals surface area contributed by atoms with Crippen LogP contribution in [0.5, 0.6) is 11.5 Å². The minimum atomic E-state index is -0.187. The standard InChI is InChI=1S/C14H20N2O3S/c1-3-20-6-4-5-15-14(17)16-11-8-13-12(7-10(11)2)18-9-19-13/h7-8H,3-6,9H2,1-2H3,(H2,15,16,17). The summed E-state index contributed by atoms with van der Waals surface area (Å²) in [5, 5.41) is 5.69. The number of hydrogen-bond acceptors (Lipinski definition) is 4. The lowest BCUT2D eigenvalue weighted by Gasteiger charge is -2.10. The third-order valence-corrected chi connectivity index (χ3v) is 3.91. The van der Waals surface area contributed by atoms with Gasteiger partial charge in [0.2, 0.25) is 6.79 Å². The Kier molecular flexibility index (Phi) is 5.40. The molecule has 1 aliphatic heterocycles. The molecule has 0 aliphatic carbocycles. The summed E-state index contributed by atoms with van der Waals surface area (Å²) in [7, 11) is 0. The topological polar surface area (TPSA) is 59.6 Å². The quantitative estimate of drug-likeness (QED) is 0.792. The Morgan fingerprint density at radius 3 is 2.85 bits per heavy atom. The molecule has 0 saturated carbocycles. The highest BCUT2D eigenvalue weighted by Crippen LogP contribution is 2.36. The van der Waals surface area contributed by atoms with Crippen molar-refractivity contribution in [3.05, 3.63) is 17.7 Å². The molecular formula is C14H20N2O3S. The summed E-state index contributed by atoms with van der Waals surface area (Å²) in [5.74, 6) is 3.58. The van der Waals surface area contributed by atoms with Crippen molar-refractivity contribution in [2.75, 3.05) is 30.2 Å². The molecule has 0 bridgehead atoms. The van der Waals surface area contributed by atoms with E-state index in [0.29, 0.717) is 12.3 Å². The van der Waals surface area contributed by atoms with Crippen LogP contribution in [0.25, 0.3) is 0 Å². The smallest absolute Gasteiger partial charge is 0.319 e. The van der Waals surface area contributed by atoms with Gasteiger partial charge in [-0.2, -0.15) is 11.8 Å². The van der Waals surface area contributed by atoms with E-state index in [1.165, 1.54) is 0 Å². The Morgan fingerprint density at radius 2 is 2.10 bits per heavy atom. The van der Waals surface area contributed by atoms with Crippen molar-refractivity contribution in [1.82, 2.24) is 5.32 Å². The Balaban J connectivity index is 1.82. The largest absolute Gasteiger partial charge is 0.454 e. The molecule has 2 N–H and O–H groups in total. The first-order valence-electron chi connectivity index (χ1n) is 6.73. The number of aryl methyl sites for hydroxylation is 1. The van der Waals surface area contributed by atoms with Gasteiger partial charge >= 0.3 is 6.03 Å². The molecule has 2 rings (SSSR count). The number of carbonyl (C=O) groups is 1. The van der Waals surface area contributed by atoms with Crippen molar-refractivity contribution in [1.29, 1.82) is 0 Å². The summed E-state index contributed by atoms with van der Waals surface area (Å²) in [6, 6.07) is 3.48. The maximum Gasteiger partial charge on any atom is 0.319 e. The maximum atomic E-state index is 11.8. The molecule has 6 heteroatoms. The van der Waals surface area contributed by atoms with E-state index in [0.717, 1.165) is 34.9 Å². The number of thioether (sulfide) groups is 1. The van der Waals surface area contributed by atoms with E-state index < -0.39 is 0 Å². The molecule has 0 fully saturated rings. The van der Waals surface area contributed by atoms with E-state index in [1.54, 1.807) is 6.07 Å². The van der Waals surface area contributed by atoms with Crippen LogP contribution in [0.2, 0.25) is 0 Å². The van der Waals surface area contributed by atoms with Gasteiger partial charge < -0.3 is 20.1 Å². The van der Waals surface area contributed by atoms with Gasteiger partial charge in [0.1, 0.15) is 0 Å². The number of hydrogen-bond donors (Lipinski definition) is 2. The van der Waals surface area contributed by atoms with Crippen molar-refractivity contribution in [3.63, 3.8) is 0 Å². The van der Waals surface area contributed by atoms with Crippen LogP contribution in [0.15, 0.2) is 12.1 Å². The zero-order valence-corrected chi connectivity index (χ0v) is 12.6. The maximum absolute atomic E-state index is 11.8. The van der Waals surface area contributed by atoms with Gasteiger partial charge in [-0.15, -0.1) is 0 Å². The lowest BCUT2D eigenvalue weighted by atomic mass is 10.2. The molecule has 0 radical (unpaired) electrons. The number of benzene rings is 1. The summed E-state index contributed by atoms with van der Waals surface area (Å²) in [6.45, 7) is 4.98. The van der Waals surface area contributed by atoms with Crippen LogP contribution in [0, 0.1) is 6.92 Å². The molecule has 1 aromatic carbocycles. The van der Waals surface area contributed by atoms with E-state index in [4.69, 9.17) is 9.47 Å². The lowest BCUT2D eigenvalue weighted by Crippen LogP contribution is -2.30. The number of amides is 2. The Bertz CT molecular complexity index is 480. The number of urea groups is 1. The normalized spacial score (nSPS) is 12.3. The molecule has 0 spiro atoms. The van der Waals surface area contributed by atoms with Crippen LogP contribution < -0.4 is 20.1 Å². The third-order valence-electron chi connectivity index (χ3n) is 2.92. The zero-order chi connectivity index (χ0) is 14.4. The van der Waals surface area contributed by atoms with Gasteiger partial charge in [-0.1, -0.05) is 6.92 Å². The fourth-order valence-corrected chi connectivity index (χ4v) is 2.50. The van der Waals surface area contributed by atoms with Gasteiger partial charge in [0.05, 0.1) is 0 Å². The van der Waals surface area contributed by atoms with Crippen LogP contribution in [0.4, 0.5) is 10.5 Å². The van der Waals surface area contributed by atoms with Gasteiger partial charge in [0.15, 0.2) is 11.5 Å². The van der Waals surface area contributed by atoms with E-state index in [2.05, 4.69) is 17.6 Å². The van der Waals surface area contributed by atoms with Crippen molar-refractivity contribution < 1.29 is 14.3 Å². The highest BCUT2D eigenvalue weighted by Gasteiger charge is 2.16. The number of ether oxygens (including phenoxy) is 2. The molecular weight excluding hydrogens is 276 g/mol. The van der Waals surface area contributed by atoms with Gasteiger partial charge in [-0.25, -0.2) is 4.79 Å². The monoisotopic (exact) mass is 296 g/mol. The number of nitrogens with one attached hydrogen (secondary N) is 2. The second-order valence-electron chi connectivity index (χ2n) is 4.45. The van der Waals surface area contributed by atoms with Gasteiger partial charge in [-0.3, -0.25) is 0 Å².